The third kappa shape index (κ3) is 4.47. The lowest BCUT2D eigenvalue weighted by molar-refractivity contribution is -0.122. The lowest BCUT2D eigenvalue weighted by Crippen LogP contribution is -2.55. The second-order valence-electron chi connectivity index (χ2n) is 10.7. The summed E-state index contributed by atoms with van der Waals surface area (Å²) in [7, 11) is 4.15. The molecule has 6 rings (SSSR count). The molecule has 1 aliphatic carbocycles. The van der Waals surface area contributed by atoms with E-state index in [0.29, 0.717) is 12.4 Å². The Labute approximate surface area is 218 Å². The molecule has 8 heteroatoms. The average molecular weight is 498 g/mol. The van der Waals surface area contributed by atoms with Crippen molar-refractivity contribution in [3.63, 3.8) is 0 Å². The number of hydrogen-bond donors (Lipinski definition) is 1. The van der Waals surface area contributed by atoms with Crippen molar-refractivity contribution in [2.45, 2.75) is 50.4 Å². The van der Waals surface area contributed by atoms with Gasteiger partial charge in [0.1, 0.15) is 5.82 Å². The van der Waals surface area contributed by atoms with Crippen molar-refractivity contribution in [2.75, 3.05) is 50.1 Å². The predicted octanol–water partition coefficient (Wildman–Crippen LogP) is 3.70. The van der Waals surface area contributed by atoms with E-state index in [1.54, 1.807) is 0 Å². The number of nitrogens with one attached hydrogen (secondary N) is 1. The number of aromatic nitrogens is 2. The molecule has 1 atom stereocenters. The van der Waals surface area contributed by atoms with Crippen molar-refractivity contribution in [1.29, 1.82) is 5.26 Å². The number of fused-ring (bicyclic) bond motifs is 2. The molecular weight excluding hydrogens is 462 g/mol. The Balaban J connectivity index is 1.37. The molecule has 1 saturated heterocycles. The quantitative estimate of drug-likeness (QED) is 0.517. The molecule has 3 aliphatic rings. The highest BCUT2D eigenvalue weighted by Crippen LogP contribution is 2.39. The van der Waals surface area contributed by atoms with E-state index in [-0.39, 0.29) is 11.8 Å². The first-order valence-electron chi connectivity index (χ1n) is 13.4. The molecule has 2 aliphatic heterocycles. The zero-order chi connectivity index (χ0) is 25.4. The van der Waals surface area contributed by atoms with Crippen molar-refractivity contribution >= 4 is 22.3 Å². The number of rotatable bonds is 6. The van der Waals surface area contributed by atoms with E-state index in [9.17, 15) is 5.26 Å². The van der Waals surface area contributed by atoms with Crippen molar-refractivity contribution < 1.29 is 4.74 Å². The standard InChI is InChI=1S/C29H35N7O/c1-34(2)29(13-6-14-29)37-28-32-25-20-35(26-10-5-8-21-7-3-4-9-23(21)26)17-12-24(25)27(33-28)36-18-16-31-22(19-36)11-15-30/h3-5,7-10,22,31H,6,11-14,16-20H2,1-2H3/t22-/m0/s1. The van der Waals surface area contributed by atoms with Crippen molar-refractivity contribution in [3.8, 4) is 12.1 Å². The minimum atomic E-state index is -0.331. The summed E-state index contributed by atoms with van der Waals surface area (Å²) in [6, 6.07) is 18.0. The summed E-state index contributed by atoms with van der Waals surface area (Å²) < 4.78 is 6.57. The maximum absolute atomic E-state index is 9.27. The molecule has 1 aromatic heterocycles. The first-order valence-corrected chi connectivity index (χ1v) is 13.4. The van der Waals surface area contributed by atoms with E-state index in [1.165, 1.54) is 22.0 Å². The molecular formula is C29H35N7O. The highest BCUT2D eigenvalue weighted by Gasteiger charge is 2.43. The molecule has 3 aromatic rings. The normalized spacial score (nSPS) is 20.9. The molecule has 0 amide bonds. The lowest BCUT2D eigenvalue weighted by Gasteiger charge is -2.46. The van der Waals surface area contributed by atoms with Gasteiger partial charge >= 0.3 is 6.01 Å². The summed E-state index contributed by atoms with van der Waals surface area (Å²) in [5, 5.41) is 15.3. The van der Waals surface area contributed by atoms with Crippen LogP contribution >= 0.6 is 0 Å². The van der Waals surface area contributed by atoms with Crippen LogP contribution in [0.15, 0.2) is 42.5 Å². The lowest BCUT2D eigenvalue weighted by atomic mass is 9.87. The molecule has 3 heterocycles. The third-order valence-electron chi connectivity index (χ3n) is 8.25. The molecule has 2 fully saturated rings. The van der Waals surface area contributed by atoms with Crippen LogP contribution in [-0.2, 0) is 13.0 Å². The summed E-state index contributed by atoms with van der Waals surface area (Å²) in [6.07, 6.45) is 4.48. The minimum Gasteiger partial charge on any atom is -0.441 e. The average Bonchev–Trinajstić information content (AvgIpc) is 2.90. The fourth-order valence-electron chi connectivity index (χ4n) is 5.94. The Bertz CT molecular complexity index is 1320. The van der Waals surface area contributed by atoms with E-state index >= 15 is 0 Å². The smallest absolute Gasteiger partial charge is 0.320 e. The van der Waals surface area contributed by atoms with Gasteiger partial charge in [0.05, 0.1) is 24.7 Å². The molecule has 0 bridgehead atoms. The van der Waals surface area contributed by atoms with Crippen LogP contribution in [0.3, 0.4) is 0 Å². The number of nitriles is 1. The van der Waals surface area contributed by atoms with Crippen molar-refractivity contribution in [2.24, 2.45) is 0 Å². The zero-order valence-electron chi connectivity index (χ0n) is 21.8. The fourth-order valence-corrected chi connectivity index (χ4v) is 5.94. The van der Waals surface area contributed by atoms with Gasteiger partial charge in [-0.05, 0) is 38.4 Å². The van der Waals surface area contributed by atoms with Gasteiger partial charge in [0, 0.05) is 61.7 Å². The monoisotopic (exact) mass is 497 g/mol. The third-order valence-corrected chi connectivity index (χ3v) is 8.25. The van der Waals surface area contributed by atoms with Gasteiger partial charge in [-0.3, -0.25) is 4.90 Å². The van der Waals surface area contributed by atoms with Crippen LogP contribution < -0.4 is 19.9 Å². The number of benzene rings is 2. The van der Waals surface area contributed by atoms with E-state index in [1.807, 2.05) is 0 Å². The zero-order valence-corrected chi connectivity index (χ0v) is 21.8. The second-order valence-corrected chi connectivity index (χ2v) is 10.7. The SMILES string of the molecule is CN(C)C1(Oc2nc3c(c(N4CCN[C@@H](CC#N)C4)n2)CCN(c2cccc4ccccc24)C3)CCC1. The van der Waals surface area contributed by atoms with Crippen LogP contribution in [-0.4, -0.2) is 66.9 Å². The van der Waals surface area contributed by atoms with Crippen molar-refractivity contribution in [1.82, 2.24) is 20.2 Å². The maximum Gasteiger partial charge on any atom is 0.320 e. The first-order chi connectivity index (χ1) is 18.1. The molecule has 0 spiro atoms. The second kappa shape index (κ2) is 9.81. The summed E-state index contributed by atoms with van der Waals surface area (Å²) in [4.78, 5) is 17.0. The molecule has 2 aromatic carbocycles. The largest absolute Gasteiger partial charge is 0.441 e. The van der Waals surface area contributed by atoms with Crippen LogP contribution in [0.2, 0.25) is 0 Å². The summed E-state index contributed by atoms with van der Waals surface area (Å²) in [6.45, 7) is 4.09. The van der Waals surface area contributed by atoms with Gasteiger partial charge < -0.3 is 19.9 Å². The number of piperazine rings is 1. The van der Waals surface area contributed by atoms with Gasteiger partial charge in [0.15, 0.2) is 5.72 Å². The molecule has 0 radical (unpaired) electrons. The molecule has 37 heavy (non-hydrogen) atoms. The van der Waals surface area contributed by atoms with E-state index in [2.05, 4.69) is 82.6 Å². The Morgan fingerprint density at radius 2 is 1.95 bits per heavy atom. The van der Waals surface area contributed by atoms with Gasteiger partial charge in [0.25, 0.3) is 0 Å². The Morgan fingerprint density at radius 3 is 2.73 bits per heavy atom. The highest BCUT2D eigenvalue weighted by atomic mass is 16.5. The maximum atomic E-state index is 9.27. The van der Waals surface area contributed by atoms with Gasteiger partial charge in [-0.2, -0.15) is 15.2 Å². The van der Waals surface area contributed by atoms with Crippen molar-refractivity contribution in [3.05, 3.63) is 53.7 Å². The van der Waals surface area contributed by atoms with Gasteiger partial charge in [-0.25, -0.2) is 0 Å². The number of anilines is 2. The topological polar surface area (TPSA) is 80.5 Å². The summed E-state index contributed by atoms with van der Waals surface area (Å²) >= 11 is 0. The summed E-state index contributed by atoms with van der Waals surface area (Å²) in [5.41, 5.74) is 3.17. The molecule has 8 nitrogen and oxygen atoms in total. The Hall–Kier alpha value is -3.41. The van der Waals surface area contributed by atoms with E-state index < -0.39 is 0 Å². The Morgan fingerprint density at radius 1 is 1.11 bits per heavy atom. The van der Waals surface area contributed by atoms with Gasteiger partial charge in [-0.15, -0.1) is 0 Å². The van der Waals surface area contributed by atoms with Crippen LogP contribution in [0, 0.1) is 11.3 Å². The molecule has 1 N–H and O–H groups in total. The number of hydrogen-bond acceptors (Lipinski definition) is 8. The highest BCUT2D eigenvalue weighted by molar-refractivity contribution is 5.94. The fraction of sp³-hybridized carbons (Fsp3) is 0.483. The van der Waals surface area contributed by atoms with Crippen LogP contribution in [0.4, 0.5) is 11.5 Å². The van der Waals surface area contributed by atoms with E-state index in [0.717, 1.165) is 69.9 Å². The molecule has 1 saturated carbocycles. The first kappa shape index (κ1) is 24.0. The number of ether oxygens (including phenoxy) is 1. The van der Waals surface area contributed by atoms with Gasteiger partial charge in [-0.1, -0.05) is 36.4 Å². The minimum absolute atomic E-state index is 0.143. The molecule has 192 valence electrons. The number of nitrogens with zero attached hydrogens (tertiary/aromatic N) is 6. The van der Waals surface area contributed by atoms with E-state index in [4.69, 9.17) is 14.7 Å². The molecule has 0 unspecified atom stereocenters. The predicted molar refractivity (Wildman–Crippen MR) is 146 cm³/mol. The van der Waals surface area contributed by atoms with Crippen LogP contribution in [0.25, 0.3) is 10.8 Å². The van der Waals surface area contributed by atoms with Crippen LogP contribution in [0.5, 0.6) is 6.01 Å². The van der Waals surface area contributed by atoms with Gasteiger partial charge in [0.2, 0.25) is 0 Å². The van der Waals surface area contributed by atoms with Crippen LogP contribution in [0.1, 0.15) is 36.9 Å². The summed E-state index contributed by atoms with van der Waals surface area (Å²) in [5.74, 6) is 0.982. The Kier molecular flexibility index (Phi) is 6.35.